The summed E-state index contributed by atoms with van der Waals surface area (Å²) in [4.78, 5) is 2.71. The van der Waals surface area contributed by atoms with Crippen LogP contribution in [0.2, 0.25) is 0 Å². The molecule has 2 bridgehead atoms. The average molecular weight is 244 g/mol. The van der Waals surface area contributed by atoms with E-state index in [2.05, 4.69) is 34.5 Å². The van der Waals surface area contributed by atoms with Gasteiger partial charge in [-0.15, -0.1) is 0 Å². The lowest BCUT2D eigenvalue weighted by Gasteiger charge is -2.27. The van der Waals surface area contributed by atoms with E-state index in [0.717, 1.165) is 24.9 Å². The third kappa shape index (κ3) is 2.45. The van der Waals surface area contributed by atoms with Crippen molar-refractivity contribution in [3.63, 3.8) is 0 Å². The molecule has 1 aromatic carbocycles. The summed E-state index contributed by atoms with van der Waals surface area (Å²) in [7, 11) is 2.03. The highest BCUT2D eigenvalue weighted by Gasteiger charge is 2.37. The number of likely N-dealkylation sites (N-methyl/N-ethyl adjacent to an activating group) is 1. The van der Waals surface area contributed by atoms with Crippen LogP contribution in [0.1, 0.15) is 30.4 Å². The van der Waals surface area contributed by atoms with Crippen LogP contribution < -0.4 is 5.32 Å². The third-order valence-corrected chi connectivity index (χ3v) is 4.66. The maximum absolute atomic E-state index is 3.25. The molecule has 0 amide bonds. The summed E-state index contributed by atoms with van der Waals surface area (Å²) in [6.07, 6.45) is 5.51. The van der Waals surface area contributed by atoms with Gasteiger partial charge in [0, 0.05) is 19.1 Å². The van der Waals surface area contributed by atoms with Crippen LogP contribution in [0.4, 0.5) is 0 Å². The van der Waals surface area contributed by atoms with Crippen LogP contribution in [0.15, 0.2) is 24.3 Å². The fraction of sp³-hybridized carbons (Fsp3) is 0.625. The van der Waals surface area contributed by atoms with Crippen molar-refractivity contribution in [2.45, 2.75) is 38.3 Å². The fourth-order valence-electron chi connectivity index (χ4n) is 3.65. The van der Waals surface area contributed by atoms with Crippen molar-refractivity contribution in [1.82, 2.24) is 10.2 Å². The van der Waals surface area contributed by atoms with Gasteiger partial charge in [0.2, 0.25) is 0 Å². The molecular weight excluding hydrogens is 220 g/mol. The maximum atomic E-state index is 3.25. The Morgan fingerprint density at radius 2 is 2.06 bits per heavy atom. The summed E-state index contributed by atoms with van der Waals surface area (Å²) < 4.78 is 0. The van der Waals surface area contributed by atoms with Gasteiger partial charge in [0.1, 0.15) is 0 Å². The summed E-state index contributed by atoms with van der Waals surface area (Å²) >= 11 is 0. The Labute approximate surface area is 110 Å². The van der Waals surface area contributed by atoms with E-state index in [1.165, 1.54) is 37.9 Å². The van der Waals surface area contributed by atoms with Crippen molar-refractivity contribution in [3.8, 4) is 0 Å². The third-order valence-electron chi connectivity index (χ3n) is 4.66. The molecule has 0 radical (unpaired) electrons. The van der Waals surface area contributed by atoms with Crippen LogP contribution in [-0.4, -0.2) is 31.1 Å². The number of likely N-dealkylation sites (tertiary alicyclic amines) is 1. The Morgan fingerprint density at radius 1 is 1.22 bits per heavy atom. The van der Waals surface area contributed by atoms with Crippen molar-refractivity contribution in [1.29, 1.82) is 0 Å². The predicted octanol–water partition coefficient (Wildman–Crippen LogP) is 2.43. The molecule has 3 rings (SSSR count). The molecule has 1 aromatic rings. The molecular formula is C16H24N2. The number of rotatable bonds is 5. The minimum Gasteiger partial charge on any atom is -0.319 e. The molecule has 1 N–H and O–H groups in total. The first-order chi connectivity index (χ1) is 8.86. The molecule has 0 spiro atoms. The number of hydrogen-bond donors (Lipinski definition) is 1. The van der Waals surface area contributed by atoms with E-state index in [-0.39, 0.29) is 0 Å². The number of piperidine rings is 1. The van der Waals surface area contributed by atoms with Gasteiger partial charge in [0.25, 0.3) is 0 Å². The smallest absolute Gasteiger partial charge is 0.0239 e. The Balaban J connectivity index is 1.68. The Morgan fingerprint density at radius 3 is 2.72 bits per heavy atom. The van der Waals surface area contributed by atoms with Crippen LogP contribution >= 0.6 is 0 Å². The minimum absolute atomic E-state index is 0.882. The molecule has 2 unspecified atom stereocenters. The zero-order valence-corrected chi connectivity index (χ0v) is 11.4. The molecule has 18 heavy (non-hydrogen) atoms. The molecule has 1 heterocycles. The minimum atomic E-state index is 0.882. The molecule has 98 valence electrons. The van der Waals surface area contributed by atoms with Crippen LogP contribution in [0, 0.1) is 5.92 Å². The van der Waals surface area contributed by atoms with Gasteiger partial charge in [0.15, 0.2) is 0 Å². The largest absolute Gasteiger partial charge is 0.319 e. The molecule has 2 nitrogen and oxygen atoms in total. The second-order valence-electron chi connectivity index (χ2n) is 5.88. The average Bonchev–Trinajstić information content (AvgIpc) is 3.00. The monoisotopic (exact) mass is 244 g/mol. The second-order valence-corrected chi connectivity index (χ2v) is 5.88. The fourth-order valence-corrected chi connectivity index (χ4v) is 3.65. The highest BCUT2D eigenvalue weighted by Crippen LogP contribution is 2.38. The molecule has 2 fully saturated rings. The van der Waals surface area contributed by atoms with Gasteiger partial charge in [-0.3, -0.25) is 4.90 Å². The van der Waals surface area contributed by atoms with Crippen molar-refractivity contribution in [2.24, 2.45) is 5.92 Å². The second kappa shape index (κ2) is 5.41. The Bertz CT molecular complexity index is 402. The molecule has 1 saturated carbocycles. The van der Waals surface area contributed by atoms with Crippen LogP contribution in [0.25, 0.3) is 0 Å². The maximum Gasteiger partial charge on any atom is 0.0239 e. The van der Waals surface area contributed by atoms with Gasteiger partial charge in [-0.05, 0) is 56.3 Å². The molecule has 0 aromatic heterocycles. The molecule has 1 aliphatic heterocycles. The normalized spacial score (nSPS) is 26.9. The topological polar surface area (TPSA) is 15.3 Å². The van der Waals surface area contributed by atoms with E-state index in [1.54, 1.807) is 5.56 Å². The molecule has 2 heteroatoms. The lowest BCUT2D eigenvalue weighted by molar-refractivity contribution is 0.205. The number of hydrogen-bond acceptors (Lipinski definition) is 2. The molecule has 2 atom stereocenters. The molecule has 1 saturated heterocycles. The van der Waals surface area contributed by atoms with Crippen molar-refractivity contribution >= 4 is 0 Å². The molecule has 1 aliphatic carbocycles. The Hall–Kier alpha value is -0.860. The van der Waals surface area contributed by atoms with Gasteiger partial charge in [-0.25, -0.2) is 0 Å². The molecule has 2 aliphatic rings. The van der Waals surface area contributed by atoms with Crippen molar-refractivity contribution < 1.29 is 0 Å². The van der Waals surface area contributed by atoms with Crippen molar-refractivity contribution in [2.75, 3.05) is 20.1 Å². The van der Waals surface area contributed by atoms with Crippen LogP contribution in [-0.2, 0) is 13.0 Å². The zero-order chi connectivity index (χ0) is 12.4. The van der Waals surface area contributed by atoms with E-state index >= 15 is 0 Å². The summed E-state index contributed by atoms with van der Waals surface area (Å²) in [5.74, 6) is 1.000. The highest BCUT2D eigenvalue weighted by molar-refractivity contribution is 5.27. The Kier molecular flexibility index (Phi) is 3.67. The lowest BCUT2D eigenvalue weighted by atomic mass is 10.0. The number of nitrogens with one attached hydrogen (secondary N) is 1. The zero-order valence-electron chi connectivity index (χ0n) is 11.4. The van der Waals surface area contributed by atoms with Crippen LogP contribution in [0.3, 0.4) is 0 Å². The first-order valence-corrected chi connectivity index (χ1v) is 7.32. The van der Waals surface area contributed by atoms with E-state index in [1.807, 2.05) is 7.05 Å². The van der Waals surface area contributed by atoms with Crippen molar-refractivity contribution in [3.05, 3.63) is 35.4 Å². The quantitative estimate of drug-likeness (QED) is 0.856. The summed E-state index contributed by atoms with van der Waals surface area (Å²) in [6, 6.07) is 9.85. The first kappa shape index (κ1) is 12.2. The van der Waals surface area contributed by atoms with E-state index < -0.39 is 0 Å². The first-order valence-electron chi connectivity index (χ1n) is 7.32. The lowest BCUT2D eigenvalue weighted by Crippen LogP contribution is -2.31. The number of benzene rings is 1. The van der Waals surface area contributed by atoms with E-state index in [9.17, 15) is 0 Å². The van der Waals surface area contributed by atoms with Gasteiger partial charge in [-0.2, -0.15) is 0 Å². The summed E-state index contributed by atoms with van der Waals surface area (Å²) in [6.45, 7) is 3.58. The van der Waals surface area contributed by atoms with E-state index in [0.29, 0.717) is 0 Å². The number of fused-ring (bicyclic) bond motifs is 2. The van der Waals surface area contributed by atoms with E-state index in [4.69, 9.17) is 0 Å². The predicted molar refractivity (Wildman–Crippen MR) is 75.6 cm³/mol. The highest BCUT2D eigenvalue weighted by atomic mass is 15.2. The van der Waals surface area contributed by atoms with Crippen LogP contribution in [0.5, 0.6) is 0 Å². The summed E-state index contributed by atoms with van der Waals surface area (Å²) in [5, 5.41) is 3.25. The van der Waals surface area contributed by atoms with Gasteiger partial charge in [-0.1, -0.05) is 24.3 Å². The van der Waals surface area contributed by atoms with Gasteiger partial charge >= 0.3 is 0 Å². The SMILES string of the molecule is CNCCc1ccccc1CN1CC2CCC1C2. The van der Waals surface area contributed by atoms with Gasteiger partial charge < -0.3 is 5.32 Å². The summed E-state index contributed by atoms with van der Waals surface area (Å²) in [5.41, 5.74) is 3.06. The van der Waals surface area contributed by atoms with Gasteiger partial charge in [0.05, 0.1) is 0 Å². The number of nitrogens with zero attached hydrogens (tertiary/aromatic N) is 1. The standard InChI is InChI=1S/C16H24N2/c1-17-9-8-14-4-2-3-5-15(14)12-18-11-13-6-7-16(18)10-13/h2-5,13,16-17H,6-12H2,1H3.